The molecule has 0 bridgehead atoms. The van der Waals surface area contributed by atoms with Crippen molar-refractivity contribution >= 4 is 34.4 Å². The van der Waals surface area contributed by atoms with Crippen LogP contribution in [0.2, 0.25) is 5.02 Å². The molecule has 1 aliphatic rings. The van der Waals surface area contributed by atoms with Crippen molar-refractivity contribution in [1.29, 1.82) is 0 Å². The summed E-state index contributed by atoms with van der Waals surface area (Å²) in [6.45, 7) is 0.0770. The van der Waals surface area contributed by atoms with Crippen molar-refractivity contribution < 1.29 is 18.7 Å². The molecule has 4 aromatic rings. The Kier molecular flexibility index (Phi) is 5.34. The first-order valence-electron chi connectivity index (χ1n) is 10.4. The first-order valence-corrected chi connectivity index (χ1v) is 10.7. The fourth-order valence-corrected chi connectivity index (χ4v) is 4.53. The number of hydrogen-bond acceptors (Lipinski definition) is 4. The van der Waals surface area contributed by atoms with E-state index in [1.807, 2.05) is 24.3 Å². The Morgan fingerprint density at radius 3 is 2.73 bits per heavy atom. The monoisotopic (exact) mass is 463 g/mol. The fraction of sp³-hybridized carbons (Fsp3) is 0.160. The lowest BCUT2D eigenvalue weighted by Crippen LogP contribution is -2.49. The van der Waals surface area contributed by atoms with Gasteiger partial charge < -0.3 is 9.64 Å². The van der Waals surface area contributed by atoms with Gasteiger partial charge in [0.2, 0.25) is 0 Å². The Morgan fingerprint density at radius 2 is 1.94 bits per heavy atom. The van der Waals surface area contributed by atoms with Gasteiger partial charge in [-0.15, -0.1) is 0 Å². The van der Waals surface area contributed by atoms with E-state index in [0.717, 1.165) is 10.9 Å². The molecule has 0 aliphatic carbocycles. The third-order valence-electron chi connectivity index (χ3n) is 5.97. The number of nitrogens with zero attached hydrogens (tertiary/aromatic N) is 3. The van der Waals surface area contributed by atoms with E-state index >= 15 is 0 Å². The van der Waals surface area contributed by atoms with Crippen molar-refractivity contribution in [3.63, 3.8) is 0 Å². The van der Waals surface area contributed by atoms with Crippen molar-refractivity contribution in [3.8, 4) is 5.69 Å². The van der Waals surface area contributed by atoms with E-state index in [9.17, 15) is 14.0 Å². The van der Waals surface area contributed by atoms with Gasteiger partial charge in [-0.2, -0.15) is 5.10 Å². The van der Waals surface area contributed by atoms with Gasteiger partial charge in [0.15, 0.2) is 0 Å². The van der Waals surface area contributed by atoms with Crippen molar-refractivity contribution in [2.24, 2.45) is 0 Å². The van der Waals surface area contributed by atoms with Crippen LogP contribution in [0.25, 0.3) is 16.6 Å². The van der Waals surface area contributed by atoms with Gasteiger partial charge in [0.05, 0.1) is 35.1 Å². The standard InChI is InChI=1S/C25H19ClFN3O3/c1-33-25(32)23-12-19-16(6-4-7-21(19)27)14-29(23)24(31)18-10-9-17(11-20(18)26)30-22-8-3-2-5-15(22)13-28-30/h2-11,13,23H,12,14H2,1H3. The normalized spacial score (nSPS) is 15.4. The molecule has 8 heteroatoms. The molecule has 2 heterocycles. The number of aromatic nitrogens is 2. The van der Waals surface area contributed by atoms with Crippen LogP contribution in [0.3, 0.4) is 0 Å². The molecule has 1 aromatic heterocycles. The van der Waals surface area contributed by atoms with E-state index in [-0.39, 0.29) is 23.6 Å². The number of carbonyl (C=O) groups is 2. The van der Waals surface area contributed by atoms with Gasteiger partial charge in [-0.25, -0.2) is 13.9 Å². The van der Waals surface area contributed by atoms with Crippen molar-refractivity contribution in [3.05, 3.63) is 94.4 Å². The van der Waals surface area contributed by atoms with Gasteiger partial charge in [-0.1, -0.05) is 41.9 Å². The largest absolute Gasteiger partial charge is 0.467 e. The van der Waals surface area contributed by atoms with Crippen LogP contribution in [-0.2, 0) is 22.5 Å². The lowest BCUT2D eigenvalue weighted by atomic mass is 9.92. The number of esters is 1. The van der Waals surface area contributed by atoms with E-state index < -0.39 is 23.7 Å². The summed E-state index contributed by atoms with van der Waals surface area (Å²) in [4.78, 5) is 27.3. The first kappa shape index (κ1) is 21.2. The number of carbonyl (C=O) groups excluding carboxylic acids is 2. The minimum atomic E-state index is -0.947. The zero-order valence-corrected chi connectivity index (χ0v) is 18.4. The Labute approximate surface area is 194 Å². The Morgan fingerprint density at radius 1 is 1.12 bits per heavy atom. The predicted octanol–water partition coefficient (Wildman–Crippen LogP) is 4.56. The van der Waals surface area contributed by atoms with Crippen LogP contribution in [0.5, 0.6) is 0 Å². The highest BCUT2D eigenvalue weighted by atomic mass is 35.5. The number of rotatable bonds is 3. The van der Waals surface area contributed by atoms with Gasteiger partial charge in [0.25, 0.3) is 5.91 Å². The van der Waals surface area contributed by atoms with Gasteiger partial charge in [0.1, 0.15) is 11.9 Å². The molecule has 33 heavy (non-hydrogen) atoms. The third-order valence-corrected chi connectivity index (χ3v) is 6.28. The van der Waals surface area contributed by atoms with E-state index in [0.29, 0.717) is 16.8 Å². The second kappa shape index (κ2) is 8.33. The number of hydrogen-bond donors (Lipinski definition) is 0. The predicted molar refractivity (Wildman–Crippen MR) is 122 cm³/mol. The summed E-state index contributed by atoms with van der Waals surface area (Å²) in [6.07, 6.45) is 1.79. The summed E-state index contributed by atoms with van der Waals surface area (Å²) in [7, 11) is 1.25. The maximum atomic E-state index is 14.3. The first-order chi connectivity index (χ1) is 16.0. The van der Waals surface area contributed by atoms with Crippen LogP contribution >= 0.6 is 11.6 Å². The molecule has 0 spiro atoms. The molecule has 0 saturated heterocycles. The smallest absolute Gasteiger partial charge is 0.328 e. The number of benzene rings is 3. The number of ether oxygens (including phenoxy) is 1. The number of halogens is 2. The molecule has 1 atom stereocenters. The van der Waals surface area contributed by atoms with Gasteiger partial charge in [-0.3, -0.25) is 4.79 Å². The minimum absolute atomic E-state index is 0.0371. The van der Waals surface area contributed by atoms with Gasteiger partial charge >= 0.3 is 5.97 Å². The molecule has 0 fully saturated rings. The molecule has 1 aliphatic heterocycles. The van der Waals surface area contributed by atoms with Crippen molar-refractivity contribution in [1.82, 2.24) is 14.7 Å². The Bertz CT molecular complexity index is 1400. The summed E-state index contributed by atoms with van der Waals surface area (Å²) in [5.74, 6) is -1.43. The van der Waals surface area contributed by atoms with Crippen LogP contribution < -0.4 is 0 Å². The lowest BCUT2D eigenvalue weighted by molar-refractivity contribution is -0.146. The fourth-order valence-electron chi connectivity index (χ4n) is 4.28. The average molecular weight is 464 g/mol. The molecule has 0 radical (unpaired) electrons. The highest BCUT2D eigenvalue weighted by Crippen LogP contribution is 2.30. The molecule has 0 N–H and O–H groups in total. The molecule has 1 unspecified atom stereocenters. The van der Waals surface area contributed by atoms with Crippen LogP contribution in [0.15, 0.2) is 66.9 Å². The topological polar surface area (TPSA) is 64.4 Å². The molecule has 1 amide bonds. The highest BCUT2D eigenvalue weighted by Gasteiger charge is 2.37. The SMILES string of the molecule is COC(=O)C1Cc2c(F)cccc2CN1C(=O)c1ccc(-n2ncc3ccccc32)cc1Cl. The molecule has 0 saturated carbocycles. The number of amides is 1. The maximum absolute atomic E-state index is 14.3. The zero-order chi connectivity index (χ0) is 23.1. The van der Waals surface area contributed by atoms with Crippen LogP contribution in [0.1, 0.15) is 21.5 Å². The van der Waals surface area contributed by atoms with E-state index in [1.54, 1.807) is 41.2 Å². The molecule has 6 nitrogen and oxygen atoms in total. The molecule has 3 aromatic carbocycles. The Hall–Kier alpha value is -3.71. The number of para-hydroxylation sites is 1. The minimum Gasteiger partial charge on any atom is -0.467 e. The maximum Gasteiger partial charge on any atom is 0.328 e. The van der Waals surface area contributed by atoms with Gasteiger partial charge in [-0.05, 0) is 41.5 Å². The van der Waals surface area contributed by atoms with Crippen LogP contribution in [-0.4, -0.2) is 39.7 Å². The number of methoxy groups -OCH3 is 1. The second-order valence-electron chi connectivity index (χ2n) is 7.83. The second-order valence-corrected chi connectivity index (χ2v) is 8.24. The van der Waals surface area contributed by atoms with E-state index in [1.165, 1.54) is 18.1 Å². The van der Waals surface area contributed by atoms with Gasteiger partial charge in [0, 0.05) is 18.4 Å². The van der Waals surface area contributed by atoms with Crippen molar-refractivity contribution in [2.45, 2.75) is 19.0 Å². The summed E-state index contributed by atoms with van der Waals surface area (Å²) in [5.41, 5.74) is 2.93. The lowest BCUT2D eigenvalue weighted by Gasteiger charge is -2.35. The molecular formula is C25H19ClFN3O3. The summed E-state index contributed by atoms with van der Waals surface area (Å²) in [5, 5.41) is 5.62. The number of fused-ring (bicyclic) bond motifs is 2. The molecule has 5 rings (SSSR count). The van der Waals surface area contributed by atoms with E-state index in [4.69, 9.17) is 16.3 Å². The van der Waals surface area contributed by atoms with Crippen LogP contribution in [0, 0.1) is 5.82 Å². The summed E-state index contributed by atoms with van der Waals surface area (Å²) >= 11 is 6.53. The third kappa shape index (κ3) is 3.64. The summed E-state index contributed by atoms with van der Waals surface area (Å²) in [6, 6.07) is 16.5. The van der Waals surface area contributed by atoms with Crippen LogP contribution in [0.4, 0.5) is 4.39 Å². The average Bonchev–Trinajstić information content (AvgIpc) is 3.27. The molecular weight excluding hydrogens is 445 g/mol. The molecule has 166 valence electrons. The zero-order valence-electron chi connectivity index (χ0n) is 17.7. The summed E-state index contributed by atoms with van der Waals surface area (Å²) < 4.78 is 21.0. The quantitative estimate of drug-likeness (QED) is 0.418. The Balaban J connectivity index is 1.51. The van der Waals surface area contributed by atoms with Crippen molar-refractivity contribution in [2.75, 3.05) is 7.11 Å². The van der Waals surface area contributed by atoms with E-state index in [2.05, 4.69) is 5.10 Å². The highest BCUT2D eigenvalue weighted by molar-refractivity contribution is 6.34.